The molecule has 5 heteroatoms. The number of benzene rings is 1. The van der Waals surface area contributed by atoms with E-state index < -0.39 is 0 Å². The molecule has 0 atom stereocenters. The van der Waals surface area contributed by atoms with Gasteiger partial charge in [0.25, 0.3) is 0 Å². The molecule has 5 nitrogen and oxygen atoms in total. The molecule has 0 bridgehead atoms. The van der Waals surface area contributed by atoms with Crippen molar-refractivity contribution in [2.24, 2.45) is 0 Å². The fraction of sp³-hybridized carbons (Fsp3) is 0.438. The molecule has 0 spiro atoms. The summed E-state index contributed by atoms with van der Waals surface area (Å²) in [4.78, 5) is 8.18. The lowest BCUT2D eigenvalue weighted by molar-refractivity contribution is -0.904. The zero-order valence-corrected chi connectivity index (χ0v) is 12.1. The predicted molar refractivity (Wildman–Crippen MR) is 81.3 cm³/mol. The number of nitrogens with zero attached hydrogens (tertiary/aromatic N) is 2. The number of piperazine rings is 1. The van der Waals surface area contributed by atoms with E-state index in [2.05, 4.69) is 9.88 Å². The van der Waals surface area contributed by atoms with Crippen molar-refractivity contribution in [1.82, 2.24) is 9.88 Å². The van der Waals surface area contributed by atoms with Gasteiger partial charge >= 0.3 is 0 Å². The highest BCUT2D eigenvalue weighted by Gasteiger charge is 2.20. The molecule has 0 radical (unpaired) electrons. The molecule has 3 N–H and O–H groups in total. The zero-order chi connectivity index (χ0) is 14.7. The maximum atomic E-state index is 9.89. The number of phenolic OH excluding ortho intramolecular Hbond substituents is 1. The summed E-state index contributed by atoms with van der Waals surface area (Å²) < 4.78 is 0. The fourth-order valence-corrected chi connectivity index (χ4v) is 3.03. The van der Waals surface area contributed by atoms with Crippen LogP contribution in [0.4, 0.5) is 0 Å². The topological polar surface area (TPSA) is 61.0 Å². The average Bonchev–Trinajstić information content (AvgIpc) is 2.52. The first-order chi connectivity index (χ1) is 10.3. The summed E-state index contributed by atoms with van der Waals surface area (Å²) in [5, 5.41) is 19.9. The van der Waals surface area contributed by atoms with Crippen LogP contribution < -0.4 is 4.90 Å². The van der Waals surface area contributed by atoms with Crippen LogP contribution in [0.25, 0.3) is 10.9 Å². The second kappa shape index (κ2) is 6.39. The summed E-state index contributed by atoms with van der Waals surface area (Å²) in [5.74, 6) is 0.242. The third-order valence-electron chi connectivity index (χ3n) is 4.26. The van der Waals surface area contributed by atoms with Gasteiger partial charge in [0.05, 0.1) is 19.7 Å². The number of aliphatic hydroxyl groups is 1. The van der Waals surface area contributed by atoms with Crippen LogP contribution >= 0.6 is 0 Å². The summed E-state index contributed by atoms with van der Waals surface area (Å²) in [5.41, 5.74) is 1.89. The van der Waals surface area contributed by atoms with Crippen molar-refractivity contribution < 1.29 is 15.1 Å². The monoisotopic (exact) mass is 288 g/mol. The van der Waals surface area contributed by atoms with Crippen molar-refractivity contribution in [3.05, 3.63) is 36.0 Å². The molecule has 1 fully saturated rings. The lowest BCUT2D eigenvalue weighted by Gasteiger charge is -2.32. The Labute approximate surface area is 124 Å². The van der Waals surface area contributed by atoms with Crippen molar-refractivity contribution in [2.45, 2.75) is 6.54 Å². The molecular formula is C16H22N3O2+. The van der Waals surface area contributed by atoms with E-state index >= 15 is 0 Å². The Hall–Kier alpha value is -1.69. The first-order valence-corrected chi connectivity index (χ1v) is 7.50. The summed E-state index contributed by atoms with van der Waals surface area (Å²) in [6.07, 6.45) is 1.71. The van der Waals surface area contributed by atoms with Gasteiger partial charge in [0, 0.05) is 31.2 Å². The number of aromatic hydroxyl groups is 1. The van der Waals surface area contributed by atoms with E-state index in [-0.39, 0.29) is 12.4 Å². The Balaban J connectivity index is 1.73. The van der Waals surface area contributed by atoms with Gasteiger partial charge in [-0.25, -0.2) is 0 Å². The summed E-state index contributed by atoms with van der Waals surface area (Å²) in [7, 11) is 0. The van der Waals surface area contributed by atoms with Crippen LogP contribution in [-0.4, -0.2) is 59.4 Å². The van der Waals surface area contributed by atoms with E-state index in [0.717, 1.165) is 44.7 Å². The Morgan fingerprint density at radius 2 is 2.00 bits per heavy atom. The van der Waals surface area contributed by atoms with Gasteiger partial charge in [-0.15, -0.1) is 0 Å². The third-order valence-corrected chi connectivity index (χ3v) is 4.26. The molecule has 3 rings (SSSR count). The summed E-state index contributed by atoms with van der Waals surface area (Å²) >= 11 is 0. The Morgan fingerprint density at radius 3 is 2.76 bits per heavy atom. The van der Waals surface area contributed by atoms with Gasteiger partial charge < -0.3 is 15.1 Å². The quantitative estimate of drug-likeness (QED) is 0.719. The van der Waals surface area contributed by atoms with Crippen molar-refractivity contribution in [3.63, 3.8) is 0 Å². The van der Waals surface area contributed by atoms with Crippen LogP contribution in [0.3, 0.4) is 0 Å². The molecular weight excluding hydrogens is 266 g/mol. The Morgan fingerprint density at radius 1 is 1.19 bits per heavy atom. The van der Waals surface area contributed by atoms with E-state index in [1.807, 2.05) is 18.2 Å². The third kappa shape index (κ3) is 3.15. The molecule has 0 unspecified atom stereocenters. The summed E-state index contributed by atoms with van der Waals surface area (Å²) in [6.45, 7) is 6.23. The van der Waals surface area contributed by atoms with Crippen LogP contribution in [0.1, 0.15) is 5.56 Å². The van der Waals surface area contributed by atoms with E-state index in [1.165, 1.54) is 10.5 Å². The lowest BCUT2D eigenvalue weighted by atomic mass is 10.1. The largest absolute Gasteiger partial charge is 0.506 e. The van der Waals surface area contributed by atoms with Crippen molar-refractivity contribution >= 4 is 10.9 Å². The molecule has 21 heavy (non-hydrogen) atoms. The maximum Gasteiger partial charge on any atom is 0.141 e. The van der Waals surface area contributed by atoms with Crippen molar-refractivity contribution in [3.8, 4) is 5.75 Å². The normalized spacial score (nSPS) is 17.4. The molecule has 1 aliphatic heterocycles. The second-order valence-corrected chi connectivity index (χ2v) is 5.64. The number of phenols is 1. The highest BCUT2D eigenvalue weighted by molar-refractivity contribution is 5.87. The van der Waals surface area contributed by atoms with Crippen LogP contribution in [-0.2, 0) is 6.54 Å². The lowest BCUT2D eigenvalue weighted by Crippen LogP contribution is -3.15. The molecule has 1 aromatic heterocycles. The smallest absolute Gasteiger partial charge is 0.141 e. The maximum absolute atomic E-state index is 9.89. The highest BCUT2D eigenvalue weighted by Crippen LogP contribution is 2.26. The Bertz CT molecular complexity index is 609. The molecule has 0 aliphatic carbocycles. The van der Waals surface area contributed by atoms with Gasteiger partial charge in [-0.05, 0) is 17.7 Å². The standard InChI is InChI=1S/C16H21N3O2/c20-11-10-18-6-8-19(9-7-18)12-13-3-4-15(21)16-14(13)2-1-5-17-16/h1-5,20-21H,6-12H2/p+1. The number of rotatable bonds is 4. The highest BCUT2D eigenvalue weighted by atomic mass is 16.3. The minimum Gasteiger partial charge on any atom is -0.506 e. The fourth-order valence-electron chi connectivity index (χ4n) is 3.03. The number of aliphatic hydroxyl groups excluding tert-OH is 1. The van der Waals surface area contributed by atoms with E-state index in [4.69, 9.17) is 5.11 Å². The number of nitrogens with one attached hydrogen (secondary N) is 1. The number of fused-ring (bicyclic) bond motifs is 1. The van der Waals surface area contributed by atoms with Crippen LogP contribution in [0.2, 0.25) is 0 Å². The van der Waals surface area contributed by atoms with Gasteiger partial charge in [-0.1, -0.05) is 12.1 Å². The van der Waals surface area contributed by atoms with Gasteiger partial charge in [-0.3, -0.25) is 9.88 Å². The molecule has 1 saturated heterocycles. The van der Waals surface area contributed by atoms with Crippen molar-refractivity contribution in [2.75, 3.05) is 39.3 Å². The molecule has 1 aliphatic rings. The van der Waals surface area contributed by atoms with Gasteiger partial charge in [0.2, 0.25) is 0 Å². The van der Waals surface area contributed by atoms with Crippen LogP contribution in [0.5, 0.6) is 5.75 Å². The first-order valence-electron chi connectivity index (χ1n) is 7.50. The number of aromatic nitrogens is 1. The number of hydrogen-bond donors (Lipinski definition) is 3. The van der Waals surface area contributed by atoms with Crippen LogP contribution in [0, 0.1) is 0 Å². The molecule has 0 amide bonds. The SMILES string of the molecule is OCC[NH+]1CCN(Cc2ccc(O)c3ncccc23)CC1. The predicted octanol–water partition coefficient (Wildman–Crippen LogP) is -0.367. The molecule has 2 aromatic rings. The van der Waals surface area contributed by atoms with E-state index in [9.17, 15) is 5.11 Å². The number of pyridine rings is 1. The Kier molecular flexibility index (Phi) is 4.34. The minimum atomic E-state index is 0.242. The van der Waals surface area contributed by atoms with Crippen LogP contribution in [0.15, 0.2) is 30.5 Å². The zero-order valence-electron chi connectivity index (χ0n) is 12.1. The van der Waals surface area contributed by atoms with E-state index in [1.54, 1.807) is 12.3 Å². The average molecular weight is 288 g/mol. The number of hydrogen-bond acceptors (Lipinski definition) is 4. The van der Waals surface area contributed by atoms with Crippen molar-refractivity contribution in [1.29, 1.82) is 0 Å². The molecule has 1 aromatic carbocycles. The first kappa shape index (κ1) is 14.3. The molecule has 112 valence electrons. The van der Waals surface area contributed by atoms with E-state index in [0.29, 0.717) is 5.52 Å². The van der Waals surface area contributed by atoms with Gasteiger partial charge in [-0.2, -0.15) is 0 Å². The minimum absolute atomic E-state index is 0.242. The molecule has 0 saturated carbocycles. The van der Waals surface area contributed by atoms with Gasteiger partial charge in [0.15, 0.2) is 0 Å². The summed E-state index contributed by atoms with van der Waals surface area (Å²) in [6, 6.07) is 7.66. The number of quaternary nitrogens is 1. The molecule has 2 heterocycles. The second-order valence-electron chi connectivity index (χ2n) is 5.64. The van der Waals surface area contributed by atoms with Gasteiger partial charge in [0.1, 0.15) is 17.8 Å².